The van der Waals surface area contributed by atoms with E-state index < -0.39 is 0 Å². The molecule has 0 radical (unpaired) electrons. The smallest absolute Gasteiger partial charge is 0.0827 e. The second-order valence-corrected chi connectivity index (χ2v) is 11.4. The van der Waals surface area contributed by atoms with Gasteiger partial charge in [0.1, 0.15) is 0 Å². The molecule has 2 atom stereocenters. The van der Waals surface area contributed by atoms with Crippen molar-refractivity contribution >= 4 is 0 Å². The summed E-state index contributed by atoms with van der Waals surface area (Å²) in [5.74, 6) is 1.58. The van der Waals surface area contributed by atoms with E-state index in [4.69, 9.17) is 4.74 Å². The summed E-state index contributed by atoms with van der Waals surface area (Å²) in [6, 6.07) is 0. The molecule has 4 heteroatoms. The molecule has 0 bridgehead atoms. The Kier molecular flexibility index (Phi) is 22.5. The van der Waals surface area contributed by atoms with Crippen molar-refractivity contribution in [3.63, 3.8) is 0 Å². The van der Waals surface area contributed by atoms with Crippen molar-refractivity contribution in [2.24, 2.45) is 11.8 Å². The monoisotopic (exact) mass is 505 g/mol. The number of hydrogen-bond donors (Lipinski definition) is 0. The maximum Gasteiger partial charge on any atom is 0.0827 e. The summed E-state index contributed by atoms with van der Waals surface area (Å²) in [6.45, 7) is 11.7. The third-order valence-electron chi connectivity index (χ3n) is 7.83. The van der Waals surface area contributed by atoms with Crippen molar-refractivity contribution < 1.29 is 4.74 Å². The highest BCUT2D eigenvalue weighted by Gasteiger charge is 2.12. The van der Waals surface area contributed by atoms with Gasteiger partial charge in [0.25, 0.3) is 0 Å². The molecule has 0 amide bonds. The third kappa shape index (κ3) is 18.4. The van der Waals surface area contributed by atoms with E-state index in [0.29, 0.717) is 0 Å². The molecule has 1 aromatic heterocycles. The van der Waals surface area contributed by atoms with E-state index in [9.17, 15) is 0 Å². The fraction of sp³-hybridized carbons (Fsp3) is 0.938. The number of rotatable bonds is 27. The summed E-state index contributed by atoms with van der Waals surface area (Å²) >= 11 is 0. The molecule has 1 aromatic rings. The minimum atomic E-state index is 0.729. The van der Waals surface area contributed by atoms with E-state index >= 15 is 0 Å². The van der Waals surface area contributed by atoms with Gasteiger partial charge >= 0.3 is 0 Å². The number of hydrogen-bond acceptors (Lipinski definition) is 3. The molecule has 0 saturated carbocycles. The van der Waals surface area contributed by atoms with E-state index in [-0.39, 0.29) is 0 Å². The molecule has 0 aliphatic rings. The fourth-order valence-electron chi connectivity index (χ4n) is 5.32. The SMILES string of the molecule is CCCCCCCC(CCCCCC)COCCn1cc(CCC(CCCC)CCCCCC)nn1. The molecule has 0 aromatic carbocycles. The molecular formula is C32H63N3O. The van der Waals surface area contributed by atoms with Gasteiger partial charge in [-0.2, -0.15) is 0 Å². The van der Waals surface area contributed by atoms with Gasteiger partial charge in [-0.05, 0) is 37.5 Å². The van der Waals surface area contributed by atoms with Crippen molar-refractivity contribution in [1.29, 1.82) is 0 Å². The average molecular weight is 506 g/mol. The lowest BCUT2D eigenvalue weighted by Gasteiger charge is -2.17. The Hall–Kier alpha value is -0.900. The van der Waals surface area contributed by atoms with Crippen LogP contribution in [0.25, 0.3) is 0 Å². The largest absolute Gasteiger partial charge is 0.379 e. The van der Waals surface area contributed by atoms with Gasteiger partial charge in [-0.1, -0.05) is 142 Å². The van der Waals surface area contributed by atoms with Crippen LogP contribution in [-0.2, 0) is 17.7 Å². The predicted molar refractivity (Wildman–Crippen MR) is 157 cm³/mol. The highest BCUT2D eigenvalue weighted by atomic mass is 16.5. The maximum absolute atomic E-state index is 6.16. The van der Waals surface area contributed by atoms with Gasteiger partial charge < -0.3 is 4.74 Å². The number of unbranched alkanes of at least 4 members (excludes halogenated alkanes) is 11. The predicted octanol–water partition coefficient (Wildman–Crippen LogP) is 9.95. The average Bonchev–Trinajstić information content (AvgIpc) is 3.35. The summed E-state index contributed by atoms with van der Waals surface area (Å²) in [6.07, 6.45) is 30.4. The zero-order chi connectivity index (χ0) is 26.1. The van der Waals surface area contributed by atoms with Crippen LogP contribution in [0.4, 0.5) is 0 Å². The lowest BCUT2D eigenvalue weighted by atomic mass is 9.90. The van der Waals surface area contributed by atoms with Gasteiger partial charge in [-0.25, -0.2) is 4.68 Å². The lowest BCUT2D eigenvalue weighted by Crippen LogP contribution is -2.14. The van der Waals surface area contributed by atoms with Crippen LogP contribution < -0.4 is 0 Å². The van der Waals surface area contributed by atoms with Crippen LogP contribution in [0.2, 0.25) is 0 Å². The molecule has 2 unspecified atom stereocenters. The highest BCUT2D eigenvalue weighted by molar-refractivity contribution is 4.92. The summed E-state index contributed by atoms with van der Waals surface area (Å²) in [4.78, 5) is 0. The van der Waals surface area contributed by atoms with Gasteiger partial charge in [0.05, 0.1) is 18.8 Å². The van der Waals surface area contributed by atoms with Crippen LogP contribution in [0.3, 0.4) is 0 Å². The van der Waals surface area contributed by atoms with Crippen LogP contribution in [0, 0.1) is 11.8 Å². The normalized spacial score (nSPS) is 13.3. The number of aromatic nitrogens is 3. The first-order chi connectivity index (χ1) is 17.7. The summed E-state index contributed by atoms with van der Waals surface area (Å²) in [7, 11) is 0. The van der Waals surface area contributed by atoms with Crippen LogP contribution in [0.15, 0.2) is 6.20 Å². The molecule has 0 fully saturated rings. The molecule has 4 nitrogen and oxygen atoms in total. The van der Waals surface area contributed by atoms with E-state index in [1.54, 1.807) is 0 Å². The molecule has 1 rings (SSSR count). The van der Waals surface area contributed by atoms with E-state index in [2.05, 4.69) is 44.2 Å². The number of ether oxygens (including phenoxy) is 1. The van der Waals surface area contributed by atoms with Crippen LogP contribution >= 0.6 is 0 Å². The number of aryl methyl sites for hydroxylation is 1. The first kappa shape index (κ1) is 33.1. The molecule has 0 aliphatic heterocycles. The second-order valence-electron chi connectivity index (χ2n) is 11.4. The number of nitrogens with zero attached hydrogens (tertiary/aromatic N) is 3. The minimum absolute atomic E-state index is 0.729. The molecule has 0 aliphatic carbocycles. The van der Waals surface area contributed by atoms with E-state index in [1.807, 2.05) is 4.68 Å². The maximum atomic E-state index is 6.16. The van der Waals surface area contributed by atoms with Crippen molar-refractivity contribution in [2.45, 2.75) is 169 Å². The van der Waals surface area contributed by atoms with Crippen molar-refractivity contribution in [2.75, 3.05) is 13.2 Å². The Morgan fingerprint density at radius 3 is 1.78 bits per heavy atom. The van der Waals surface area contributed by atoms with Crippen molar-refractivity contribution in [3.05, 3.63) is 11.9 Å². The highest BCUT2D eigenvalue weighted by Crippen LogP contribution is 2.22. The molecular weight excluding hydrogens is 442 g/mol. The Morgan fingerprint density at radius 2 is 1.17 bits per heavy atom. The van der Waals surface area contributed by atoms with Crippen LogP contribution in [-0.4, -0.2) is 28.2 Å². The molecule has 36 heavy (non-hydrogen) atoms. The molecule has 212 valence electrons. The Morgan fingerprint density at radius 1 is 0.639 bits per heavy atom. The van der Waals surface area contributed by atoms with Gasteiger partial charge in [-0.3, -0.25) is 0 Å². The first-order valence-corrected chi connectivity index (χ1v) is 16.2. The Bertz CT molecular complexity index is 574. The van der Waals surface area contributed by atoms with Crippen molar-refractivity contribution in [3.8, 4) is 0 Å². The molecule has 1 heterocycles. The Labute approximate surface area is 225 Å². The second kappa shape index (κ2) is 24.4. The van der Waals surface area contributed by atoms with E-state index in [0.717, 1.165) is 43.7 Å². The van der Waals surface area contributed by atoms with Crippen molar-refractivity contribution in [1.82, 2.24) is 15.0 Å². The van der Waals surface area contributed by atoms with Gasteiger partial charge in [0.15, 0.2) is 0 Å². The minimum Gasteiger partial charge on any atom is -0.379 e. The third-order valence-corrected chi connectivity index (χ3v) is 7.83. The molecule has 0 saturated heterocycles. The first-order valence-electron chi connectivity index (χ1n) is 16.2. The summed E-state index contributed by atoms with van der Waals surface area (Å²) in [5, 5.41) is 8.87. The fourth-order valence-corrected chi connectivity index (χ4v) is 5.32. The Balaban J connectivity index is 2.33. The molecule has 0 spiro atoms. The lowest BCUT2D eigenvalue weighted by molar-refractivity contribution is 0.0831. The summed E-state index contributed by atoms with van der Waals surface area (Å²) in [5.41, 5.74) is 1.16. The molecule has 0 N–H and O–H groups in total. The van der Waals surface area contributed by atoms with Gasteiger partial charge in [0, 0.05) is 12.8 Å². The zero-order valence-electron chi connectivity index (χ0n) is 25.0. The standard InChI is InChI=1S/C32H63N3O/c1-5-9-13-16-19-23-31(22-18-15-11-7-3)29-36-27-26-35-28-32(33-34-35)25-24-30(20-12-8-4)21-17-14-10-6-2/h28,30-31H,5-27,29H2,1-4H3. The summed E-state index contributed by atoms with van der Waals surface area (Å²) < 4.78 is 8.16. The quantitative estimate of drug-likeness (QED) is 0.112. The van der Waals surface area contributed by atoms with E-state index in [1.165, 1.54) is 128 Å². The van der Waals surface area contributed by atoms with Gasteiger partial charge in [-0.15, -0.1) is 5.10 Å². The van der Waals surface area contributed by atoms with Crippen LogP contribution in [0.1, 0.15) is 162 Å². The zero-order valence-corrected chi connectivity index (χ0v) is 25.0. The van der Waals surface area contributed by atoms with Crippen LogP contribution in [0.5, 0.6) is 0 Å². The van der Waals surface area contributed by atoms with Gasteiger partial charge in [0.2, 0.25) is 0 Å². The topological polar surface area (TPSA) is 39.9 Å².